The van der Waals surface area contributed by atoms with Crippen LogP contribution in [0.4, 0.5) is 11.4 Å². The lowest BCUT2D eigenvalue weighted by Gasteiger charge is -2.11. The molecule has 0 unspecified atom stereocenters. The fraction of sp³-hybridized carbons (Fsp3) is 0.143. The molecule has 0 aliphatic carbocycles. The van der Waals surface area contributed by atoms with Crippen molar-refractivity contribution in [3.63, 3.8) is 0 Å². The molecule has 0 spiro atoms. The van der Waals surface area contributed by atoms with Crippen molar-refractivity contribution in [1.82, 2.24) is 0 Å². The summed E-state index contributed by atoms with van der Waals surface area (Å²) in [5.41, 5.74) is 7.44. The fourth-order valence-corrected chi connectivity index (χ4v) is 3.22. The summed E-state index contributed by atoms with van der Waals surface area (Å²) in [6, 6.07) is 9.57. The molecule has 0 atom stereocenters. The lowest BCUT2D eigenvalue weighted by molar-refractivity contribution is 0.412. The topological polar surface area (TPSA) is 81.4 Å². The van der Waals surface area contributed by atoms with E-state index >= 15 is 0 Å². The normalized spacial score (nSPS) is 11.2. The molecule has 0 aliphatic rings. The van der Waals surface area contributed by atoms with Crippen LogP contribution in [0.3, 0.4) is 0 Å². The zero-order chi connectivity index (χ0) is 15.6. The van der Waals surface area contributed by atoms with Crippen molar-refractivity contribution in [2.45, 2.75) is 11.8 Å². The first kappa shape index (κ1) is 15.7. The first-order chi connectivity index (χ1) is 9.83. The minimum Gasteiger partial charge on any atom is -0.495 e. The van der Waals surface area contributed by atoms with Crippen molar-refractivity contribution in [3.05, 3.63) is 46.4 Å². The van der Waals surface area contributed by atoms with Crippen LogP contribution in [0.15, 0.2) is 45.8 Å². The average Bonchev–Trinajstić information content (AvgIpc) is 2.43. The molecule has 0 radical (unpaired) electrons. The molecule has 7 heteroatoms. The van der Waals surface area contributed by atoms with Gasteiger partial charge in [-0.15, -0.1) is 0 Å². The third kappa shape index (κ3) is 3.48. The maximum absolute atomic E-state index is 12.3. The van der Waals surface area contributed by atoms with Crippen molar-refractivity contribution < 1.29 is 13.2 Å². The summed E-state index contributed by atoms with van der Waals surface area (Å²) in [5.74, 6) is 0.540. The molecular formula is C14H15BrN2O3S. The minimum absolute atomic E-state index is 0.118. The molecule has 3 N–H and O–H groups in total. The van der Waals surface area contributed by atoms with Gasteiger partial charge in [-0.1, -0.05) is 6.07 Å². The minimum atomic E-state index is -3.69. The van der Waals surface area contributed by atoms with E-state index in [9.17, 15) is 8.42 Å². The number of anilines is 2. The van der Waals surface area contributed by atoms with E-state index in [0.29, 0.717) is 17.1 Å². The van der Waals surface area contributed by atoms with E-state index < -0.39 is 10.0 Å². The van der Waals surface area contributed by atoms with Crippen molar-refractivity contribution in [2.24, 2.45) is 0 Å². The molecule has 0 bridgehead atoms. The van der Waals surface area contributed by atoms with E-state index in [1.54, 1.807) is 24.3 Å². The van der Waals surface area contributed by atoms with E-state index in [4.69, 9.17) is 10.5 Å². The monoisotopic (exact) mass is 370 g/mol. The number of hydrogen-bond donors (Lipinski definition) is 2. The molecule has 0 amide bonds. The van der Waals surface area contributed by atoms with Gasteiger partial charge in [0, 0.05) is 11.8 Å². The third-order valence-electron chi connectivity index (χ3n) is 2.96. The van der Waals surface area contributed by atoms with Crippen LogP contribution in [0, 0.1) is 6.92 Å². The molecule has 21 heavy (non-hydrogen) atoms. The van der Waals surface area contributed by atoms with Crippen LogP contribution in [0.25, 0.3) is 0 Å². The number of benzene rings is 2. The highest BCUT2D eigenvalue weighted by atomic mass is 79.9. The van der Waals surface area contributed by atoms with Crippen LogP contribution < -0.4 is 15.2 Å². The van der Waals surface area contributed by atoms with Crippen molar-refractivity contribution >= 4 is 37.3 Å². The standard InChI is InChI=1S/C14H15BrN2O3S/c1-9-3-5-11(8-13(9)16)21(18,19)17-10-4-6-12(15)14(7-10)20-2/h3-8,17H,16H2,1-2H3. The highest BCUT2D eigenvalue weighted by Crippen LogP contribution is 2.29. The van der Waals surface area contributed by atoms with Crippen LogP contribution in [-0.2, 0) is 10.0 Å². The smallest absolute Gasteiger partial charge is 0.261 e. The van der Waals surface area contributed by atoms with E-state index in [0.717, 1.165) is 10.0 Å². The van der Waals surface area contributed by atoms with E-state index in [1.165, 1.54) is 19.2 Å². The predicted molar refractivity (Wildman–Crippen MR) is 87.1 cm³/mol. The van der Waals surface area contributed by atoms with Gasteiger partial charge in [0.1, 0.15) is 5.75 Å². The summed E-state index contributed by atoms with van der Waals surface area (Å²) in [5, 5.41) is 0. The average molecular weight is 371 g/mol. The highest BCUT2D eigenvalue weighted by Gasteiger charge is 2.15. The molecule has 0 aromatic heterocycles. The molecule has 2 aromatic rings. The van der Waals surface area contributed by atoms with Crippen LogP contribution >= 0.6 is 15.9 Å². The van der Waals surface area contributed by atoms with Crippen LogP contribution in [0.1, 0.15) is 5.56 Å². The molecule has 0 fully saturated rings. The summed E-state index contributed by atoms with van der Waals surface area (Å²) in [7, 11) is -2.18. The first-order valence-corrected chi connectivity index (χ1v) is 8.33. The molecular weight excluding hydrogens is 356 g/mol. The highest BCUT2D eigenvalue weighted by molar-refractivity contribution is 9.10. The molecule has 112 valence electrons. The number of aryl methyl sites for hydroxylation is 1. The predicted octanol–water partition coefficient (Wildman–Crippen LogP) is 3.15. The Bertz CT molecular complexity index is 776. The summed E-state index contributed by atoms with van der Waals surface area (Å²) in [4.78, 5) is 0.118. The number of rotatable bonds is 4. The van der Waals surface area contributed by atoms with Gasteiger partial charge in [-0.05, 0) is 52.7 Å². The molecule has 0 heterocycles. The van der Waals surface area contributed by atoms with Gasteiger partial charge in [-0.3, -0.25) is 4.72 Å². The molecule has 0 saturated carbocycles. The molecule has 5 nitrogen and oxygen atoms in total. The van der Waals surface area contributed by atoms with E-state index in [1.807, 2.05) is 6.92 Å². The number of nitrogens with one attached hydrogen (secondary N) is 1. The Morgan fingerprint density at radius 1 is 1.19 bits per heavy atom. The lowest BCUT2D eigenvalue weighted by atomic mass is 10.2. The van der Waals surface area contributed by atoms with Crippen molar-refractivity contribution in [1.29, 1.82) is 0 Å². The second-order valence-electron chi connectivity index (χ2n) is 4.47. The second-order valence-corrected chi connectivity index (χ2v) is 7.01. The Kier molecular flexibility index (Phi) is 4.43. The largest absolute Gasteiger partial charge is 0.495 e. The van der Waals surface area contributed by atoms with Crippen LogP contribution in [0.2, 0.25) is 0 Å². The third-order valence-corrected chi connectivity index (χ3v) is 5.00. The SMILES string of the molecule is COc1cc(NS(=O)(=O)c2ccc(C)c(N)c2)ccc1Br. The van der Waals surface area contributed by atoms with Gasteiger partial charge < -0.3 is 10.5 Å². The summed E-state index contributed by atoms with van der Waals surface area (Å²) in [6.45, 7) is 1.82. The summed E-state index contributed by atoms with van der Waals surface area (Å²) >= 11 is 3.31. The van der Waals surface area contributed by atoms with Gasteiger partial charge >= 0.3 is 0 Å². The maximum atomic E-state index is 12.3. The molecule has 0 aliphatic heterocycles. The van der Waals surface area contributed by atoms with Gasteiger partial charge in [-0.25, -0.2) is 8.42 Å². The zero-order valence-electron chi connectivity index (χ0n) is 11.6. The first-order valence-electron chi connectivity index (χ1n) is 6.06. The Balaban J connectivity index is 2.35. The number of ether oxygens (including phenoxy) is 1. The van der Waals surface area contributed by atoms with Gasteiger partial charge in [0.15, 0.2) is 0 Å². The maximum Gasteiger partial charge on any atom is 0.261 e. The number of nitrogen functional groups attached to an aromatic ring is 1. The molecule has 0 saturated heterocycles. The lowest BCUT2D eigenvalue weighted by Crippen LogP contribution is -2.13. The van der Waals surface area contributed by atoms with Crippen LogP contribution in [-0.4, -0.2) is 15.5 Å². The molecule has 2 aromatic carbocycles. The van der Waals surface area contributed by atoms with Gasteiger partial charge in [-0.2, -0.15) is 0 Å². The van der Waals surface area contributed by atoms with Crippen LogP contribution in [0.5, 0.6) is 5.75 Å². The van der Waals surface area contributed by atoms with E-state index in [-0.39, 0.29) is 4.90 Å². The second kappa shape index (κ2) is 5.95. The Hall–Kier alpha value is -1.73. The Morgan fingerprint density at radius 2 is 1.90 bits per heavy atom. The summed E-state index contributed by atoms with van der Waals surface area (Å²) < 4.78 is 33.0. The summed E-state index contributed by atoms with van der Waals surface area (Å²) in [6.07, 6.45) is 0. The molecule has 2 rings (SSSR count). The Labute approximate surface area is 132 Å². The Morgan fingerprint density at radius 3 is 2.52 bits per heavy atom. The van der Waals surface area contributed by atoms with E-state index in [2.05, 4.69) is 20.7 Å². The van der Waals surface area contributed by atoms with Crippen molar-refractivity contribution in [2.75, 3.05) is 17.6 Å². The quantitative estimate of drug-likeness (QED) is 0.809. The van der Waals surface area contributed by atoms with Crippen molar-refractivity contribution in [3.8, 4) is 5.75 Å². The fourth-order valence-electron chi connectivity index (χ4n) is 1.72. The number of nitrogens with two attached hydrogens (primary N) is 1. The number of hydrogen-bond acceptors (Lipinski definition) is 4. The van der Waals surface area contributed by atoms with Gasteiger partial charge in [0.05, 0.1) is 22.2 Å². The number of halogens is 1. The number of sulfonamides is 1. The van der Waals surface area contributed by atoms with Gasteiger partial charge in [0.25, 0.3) is 10.0 Å². The van der Waals surface area contributed by atoms with Gasteiger partial charge in [0.2, 0.25) is 0 Å². The zero-order valence-corrected chi connectivity index (χ0v) is 14.0. The number of methoxy groups -OCH3 is 1.